The number of ether oxygens (including phenoxy) is 1. The summed E-state index contributed by atoms with van der Waals surface area (Å²) in [5, 5.41) is 4.34. The van der Waals surface area contributed by atoms with Crippen LogP contribution in [0.3, 0.4) is 0 Å². The lowest BCUT2D eigenvalue weighted by atomic mass is 9.97. The molecule has 1 N–H and O–H groups in total. The zero-order valence-corrected chi connectivity index (χ0v) is 10.4. The van der Waals surface area contributed by atoms with Crippen LogP contribution in [-0.2, 0) is 11.3 Å². The van der Waals surface area contributed by atoms with Gasteiger partial charge in [0.1, 0.15) is 0 Å². The third-order valence-corrected chi connectivity index (χ3v) is 3.44. The lowest BCUT2D eigenvalue weighted by molar-refractivity contribution is 0.185. The fourth-order valence-corrected chi connectivity index (χ4v) is 2.43. The Hall–Kier alpha value is -0.570. The van der Waals surface area contributed by atoms with Gasteiger partial charge in [0.15, 0.2) is 0 Å². The second kappa shape index (κ2) is 5.67. The monoisotopic (exact) mass is 239 g/mol. The maximum Gasteiger partial charge on any atom is 0.0727 e. The van der Waals surface area contributed by atoms with Crippen molar-refractivity contribution >= 4 is 11.6 Å². The Morgan fingerprint density at radius 2 is 2.31 bits per heavy atom. The molecule has 0 radical (unpaired) electrons. The summed E-state index contributed by atoms with van der Waals surface area (Å²) in [6.07, 6.45) is 3.79. The van der Waals surface area contributed by atoms with E-state index in [-0.39, 0.29) is 0 Å². The van der Waals surface area contributed by atoms with E-state index in [9.17, 15) is 0 Å². The molecule has 0 aliphatic carbocycles. The summed E-state index contributed by atoms with van der Waals surface area (Å²) in [6.45, 7) is 1.69. The van der Waals surface area contributed by atoms with E-state index in [1.165, 1.54) is 24.8 Å². The third kappa shape index (κ3) is 2.76. The predicted molar refractivity (Wildman–Crippen MR) is 66.8 cm³/mol. The minimum Gasteiger partial charge on any atom is -0.380 e. The van der Waals surface area contributed by atoms with Crippen molar-refractivity contribution in [2.45, 2.75) is 31.9 Å². The molecule has 1 aromatic rings. The average molecular weight is 240 g/mol. The maximum atomic E-state index is 6.22. The van der Waals surface area contributed by atoms with Crippen molar-refractivity contribution in [1.82, 2.24) is 5.32 Å². The number of hydrogen-bond donors (Lipinski definition) is 1. The van der Waals surface area contributed by atoms with Crippen LogP contribution in [0.1, 0.15) is 36.4 Å². The fourth-order valence-electron chi connectivity index (χ4n) is 2.19. The van der Waals surface area contributed by atoms with E-state index in [0.29, 0.717) is 12.6 Å². The first-order valence-electron chi connectivity index (χ1n) is 5.82. The minimum absolute atomic E-state index is 0.475. The van der Waals surface area contributed by atoms with Crippen molar-refractivity contribution < 1.29 is 4.74 Å². The number of nitrogens with one attached hydrogen (secondary N) is 1. The van der Waals surface area contributed by atoms with Crippen molar-refractivity contribution in [2.24, 2.45) is 0 Å². The predicted octanol–water partition coefficient (Wildman–Crippen LogP) is 3.30. The Morgan fingerprint density at radius 1 is 1.44 bits per heavy atom. The van der Waals surface area contributed by atoms with Crippen molar-refractivity contribution in [3.63, 3.8) is 0 Å². The number of piperidine rings is 1. The smallest absolute Gasteiger partial charge is 0.0727 e. The molecular weight excluding hydrogens is 222 g/mol. The Morgan fingerprint density at radius 3 is 2.94 bits per heavy atom. The van der Waals surface area contributed by atoms with Gasteiger partial charge in [0.05, 0.1) is 6.61 Å². The van der Waals surface area contributed by atoms with Gasteiger partial charge in [-0.15, -0.1) is 0 Å². The van der Waals surface area contributed by atoms with Gasteiger partial charge < -0.3 is 10.1 Å². The fraction of sp³-hybridized carbons (Fsp3) is 0.538. The molecule has 0 amide bonds. The van der Waals surface area contributed by atoms with Gasteiger partial charge in [-0.1, -0.05) is 30.2 Å². The summed E-state index contributed by atoms with van der Waals surface area (Å²) in [5.41, 5.74) is 2.35. The van der Waals surface area contributed by atoms with E-state index in [4.69, 9.17) is 16.3 Å². The van der Waals surface area contributed by atoms with Gasteiger partial charge in [-0.25, -0.2) is 0 Å². The van der Waals surface area contributed by atoms with E-state index in [1.54, 1.807) is 7.11 Å². The van der Waals surface area contributed by atoms with Crippen LogP contribution in [-0.4, -0.2) is 13.7 Å². The summed E-state index contributed by atoms with van der Waals surface area (Å²) in [5.74, 6) is 0. The molecule has 2 rings (SSSR count). The van der Waals surface area contributed by atoms with Gasteiger partial charge in [0, 0.05) is 18.2 Å². The molecule has 88 valence electrons. The molecule has 0 aromatic heterocycles. The molecule has 16 heavy (non-hydrogen) atoms. The minimum atomic E-state index is 0.475. The zero-order valence-electron chi connectivity index (χ0n) is 9.63. The molecule has 1 atom stereocenters. The molecule has 1 heterocycles. The largest absolute Gasteiger partial charge is 0.380 e. The van der Waals surface area contributed by atoms with E-state index < -0.39 is 0 Å². The van der Waals surface area contributed by atoms with Crippen LogP contribution in [0, 0.1) is 0 Å². The van der Waals surface area contributed by atoms with Gasteiger partial charge >= 0.3 is 0 Å². The van der Waals surface area contributed by atoms with Crippen molar-refractivity contribution in [1.29, 1.82) is 0 Å². The molecule has 1 aromatic carbocycles. The summed E-state index contributed by atoms with van der Waals surface area (Å²) in [7, 11) is 1.69. The van der Waals surface area contributed by atoms with Crippen LogP contribution >= 0.6 is 11.6 Å². The number of methoxy groups -OCH3 is 1. The van der Waals surface area contributed by atoms with Gasteiger partial charge in [-0.05, 0) is 36.6 Å². The van der Waals surface area contributed by atoms with Crippen molar-refractivity contribution in [3.05, 3.63) is 34.3 Å². The SMILES string of the molecule is COCc1ccc(C2CCCCN2)cc1Cl. The van der Waals surface area contributed by atoms with Gasteiger partial charge in [-0.3, -0.25) is 0 Å². The summed E-state index contributed by atoms with van der Waals surface area (Å²) in [6, 6.07) is 6.77. The highest BCUT2D eigenvalue weighted by Gasteiger charge is 2.15. The van der Waals surface area contributed by atoms with E-state index in [2.05, 4.69) is 23.5 Å². The van der Waals surface area contributed by atoms with Crippen LogP contribution in [0.15, 0.2) is 18.2 Å². The molecule has 1 fully saturated rings. The number of hydrogen-bond acceptors (Lipinski definition) is 2. The molecule has 1 aliphatic heterocycles. The normalized spacial score (nSPS) is 21.0. The molecule has 0 spiro atoms. The van der Waals surface area contributed by atoms with Crippen LogP contribution < -0.4 is 5.32 Å². The molecule has 2 nitrogen and oxygen atoms in total. The number of rotatable bonds is 3. The van der Waals surface area contributed by atoms with E-state index >= 15 is 0 Å². The summed E-state index contributed by atoms with van der Waals surface area (Å²) in [4.78, 5) is 0. The van der Waals surface area contributed by atoms with Gasteiger partial charge in [-0.2, -0.15) is 0 Å². The van der Waals surface area contributed by atoms with E-state index in [0.717, 1.165) is 17.1 Å². The topological polar surface area (TPSA) is 21.3 Å². The average Bonchev–Trinajstić information content (AvgIpc) is 2.33. The zero-order chi connectivity index (χ0) is 11.4. The number of benzene rings is 1. The third-order valence-electron chi connectivity index (χ3n) is 3.09. The Balaban J connectivity index is 2.13. The van der Waals surface area contributed by atoms with Crippen LogP contribution in [0.5, 0.6) is 0 Å². The molecule has 1 aliphatic rings. The highest BCUT2D eigenvalue weighted by atomic mass is 35.5. The first-order chi connectivity index (χ1) is 7.81. The lowest BCUT2D eigenvalue weighted by Crippen LogP contribution is -2.26. The number of halogens is 1. The van der Waals surface area contributed by atoms with Crippen LogP contribution in [0.25, 0.3) is 0 Å². The van der Waals surface area contributed by atoms with Crippen molar-refractivity contribution in [3.8, 4) is 0 Å². The van der Waals surface area contributed by atoms with Crippen LogP contribution in [0.4, 0.5) is 0 Å². The van der Waals surface area contributed by atoms with Crippen molar-refractivity contribution in [2.75, 3.05) is 13.7 Å². The highest BCUT2D eigenvalue weighted by Crippen LogP contribution is 2.27. The van der Waals surface area contributed by atoms with Gasteiger partial charge in [0.25, 0.3) is 0 Å². The first-order valence-corrected chi connectivity index (χ1v) is 6.19. The summed E-state index contributed by atoms with van der Waals surface area (Å²) < 4.78 is 5.09. The molecule has 0 saturated carbocycles. The quantitative estimate of drug-likeness (QED) is 0.874. The molecule has 1 saturated heterocycles. The second-order valence-corrected chi connectivity index (χ2v) is 4.69. The molecule has 3 heteroatoms. The standard InChI is InChI=1S/C13H18ClNO/c1-16-9-11-6-5-10(8-12(11)14)13-4-2-3-7-15-13/h5-6,8,13,15H,2-4,7,9H2,1H3. The van der Waals surface area contributed by atoms with Crippen LogP contribution in [0.2, 0.25) is 5.02 Å². The van der Waals surface area contributed by atoms with Gasteiger partial charge in [0.2, 0.25) is 0 Å². The Kier molecular flexibility index (Phi) is 4.22. The Bertz CT molecular complexity index is 348. The highest BCUT2D eigenvalue weighted by molar-refractivity contribution is 6.31. The summed E-state index contributed by atoms with van der Waals surface area (Å²) >= 11 is 6.22. The Labute approximate surface area is 102 Å². The maximum absolute atomic E-state index is 6.22. The lowest BCUT2D eigenvalue weighted by Gasteiger charge is -2.24. The first kappa shape index (κ1) is 11.9. The second-order valence-electron chi connectivity index (χ2n) is 4.29. The molecular formula is C13H18ClNO. The van der Waals surface area contributed by atoms with E-state index in [1.807, 2.05) is 0 Å². The molecule has 0 bridgehead atoms. The molecule has 1 unspecified atom stereocenters.